The Morgan fingerprint density at radius 1 is 1.29 bits per heavy atom. The number of rotatable bonds is 4. The third-order valence-electron chi connectivity index (χ3n) is 5.86. The van der Waals surface area contributed by atoms with Crippen molar-refractivity contribution in [3.05, 3.63) is 63.7 Å². The first-order valence-electron chi connectivity index (χ1n) is 9.81. The van der Waals surface area contributed by atoms with Crippen LogP contribution in [-0.4, -0.2) is 37.1 Å². The lowest BCUT2D eigenvalue weighted by molar-refractivity contribution is -0.148. The topological polar surface area (TPSA) is 63.0 Å². The van der Waals surface area contributed by atoms with E-state index >= 15 is 0 Å². The molecule has 2 aliphatic heterocycles. The molecule has 0 radical (unpaired) electrons. The highest BCUT2D eigenvalue weighted by atomic mass is 16.5. The van der Waals surface area contributed by atoms with Crippen LogP contribution in [0.25, 0.3) is 0 Å². The van der Waals surface area contributed by atoms with Crippen molar-refractivity contribution in [3.8, 4) is 0 Å². The Balaban J connectivity index is 1.73. The summed E-state index contributed by atoms with van der Waals surface area (Å²) in [6.45, 7) is 5.47. The van der Waals surface area contributed by atoms with Crippen LogP contribution in [0.15, 0.2) is 45.6 Å². The van der Waals surface area contributed by atoms with Gasteiger partial charge in [0.05, 0.1) is 17.9 Å². The summed E-state index contributed by atoms with van der Waals surface area (Å²) in [6.07, 6.45) is 0.679. The summed E-state index contributed by atoms with van der Waals surface area (Å²) >= 11 is 0. The van der Waals surface area contributed by atoms with Crippen LogP contribution in [0, 0.1) is 12.8 Å². The van der Waals surface area contributed by atoms with E-state index in [1.165, 1.54) is 5.56 Å². The molecule has 0 N–H and O–H groups in total. The van der Waals surface area contributed by atoms with Gasteiger partial charge in [0.2, 0.25) is 0 Å². The first-order valence-corrected chi connectivity index (χ1v) is 9.81. The van der Waals surface area contributed by atoms with Gasteiger partial charge in [0.25, 0.3) is 0 Å². The van der Waals surface area contributed by atoms with E-state index in [1.807, 2.05) is 43.1 Å². The minimum atomic E-state index is -0.333. The molecule has 0 saturated carbocycles. The quantitative estimate of drug-likeness (QED) is 0.758. The molecular weight excluding hydrogens is 356 g/mol. The molecule has 28 heavy (non-hydrogen) atoms. The van der Waals surface area contributed by atoms with Crippen LogP contribution < -0.4 is 10.5 Å². The number of nitrogens with zero attached hydrogens (tertiary/aromatic N) is 2. The van der Waals surface area contributed by atoms with Gasteiger partial charge in [0, 0.05) is 25.2 Å². The average molecular weight is 382 g/mol. The van der Waals surface area contributed by atoms with E-state index in [2.05, 4.69) is 17.0 Å². The monoisotopic (exact) mass is 382 g/mol. The standard InChI is InChI=1S/C22H26N2O4/c1-4-27-21(25)18-11-16-13-24(12-15-8-6-5-7-9-15)17-10-14(2)28-22(26)19(17)20(16)23(18)3/h5-10,16,18,20H,4,11-13H2,1-3H3/t16-,18+,20-/m0/s1. The van der Waals surface area contributed by atoms with Gasteiger partial charge in [-0.05, 0) is 38.8 Å². The molecule has 0 unspecified atom stereocenters. The van der Waals surface area contributed by atoms with Crippen molar-refractivity contribution < 1.29 is 13.9 Å². The van der Waals surface area contributed by atoms with Crippen LogP contribution >= 0.6 is 0 Å². The highest BCUT2D eigenvalue weighted by Gasteiger charge is 2.49. The zero-order valence-electron chi connectivity index (χ0n) is 16.6. The third-order valence-corrected chi connectivity index (χ3v) is 5.86. The van der Waals surface area contributed by atoms with E-state index in [9.17, 15) is 9.59 Å². The molecule has 0 amide bonds. The molecule has 1 aromatic heterocycles. The summed E-state index contributed by atoms with van der Waals surface area (Å²) in [6, 6.07) is 11.7. The van der Waals surface area contributed by atoms with Gasteiger partial charge in [0.1, 0.15) is 11.8 Å². The summed E-state index contributed by atoms with van der Waals surface area (Å²) in [5, 5.41) is 0. The number of hydrogen-bond acceptors (Lipinski definition) is 6. The molecule has 1 fully saturated rings. The van der Waals surface area contributed by atoms with E-state index in [1.54, 1.807) is 6.92 Å². The molecule has 1 aromatic carbocycles. The van der Waals surface area contributed by atoms with Gasteiger partial charge in [-0.2, -0.15) is 0 Å². The molecule has 4 rings (SSSR count). The van der Waals surface area contributed by atoms with Crippen LogP contribution in [0.4, 0.5) is 5.69 Å². The molecular formula is C22H26N2O4. The number of likely N-dealkylation sites (N-methyl/N-ethyl adjacent to an activating group) is 1. The first kappa shape index (κ1) is 18.7. The van der Waals surface area contributed by atoms with Crippen LogP contribution in [0.3, 0.4) is 0 Å². The number of benzene rings is 1. The summed E-state index contributed by atoms with van der Waals surface area (Å²) in [5.74, 6) is 0.552. The molecule has 6 nitrogen and oxygen atoms in total. The number of aryl methyl sites for hydroxylation is 1. The summed E-state index contributed by atoms with van der Waals surface area (Å²) in [5.41, 5.74) is 2.45. The predicted octanol–water partition coefficient (Wildman–Crippen LogP) is 2.89. The molecule has 3 heterocycles. The Hall–Kier alpha value is -2.60. The van der Waals surface area contributed by atoms with Gasteiger partial charge in [-0.15, -0.1) is 0 Å². The smallest absolute Gasteiger partial charge is 0.342 e. The summed E-state index contributed by atoms with van der Waals surface area (Å²) < 4.78 is 10.7. The van der Waals surface area contributed by atoms with Crippen molar-refractivity contribution in [1.82, 2.24) is 4.90 Å². The van der Waals surface area contributed by atoms with Gasteiger partial charge < -0.3 is 14.1 Å². The van der Waals surface area contributed by atoms with Gasteiger partial charge in [-0.25, -0.2) is 4.79 Å². The number of anilines is 1. The van der Waals surface area contributed by atoms with Crippen molar-refractivity contribution >= 4 is 11.7 Å². The maximum absolute atomic E-state index is 12.8. The highest BCUT2D eigenvalue weighted by molar-refractivity contribution is 5.76. The zero-order valence-corrected chi connectivity index (χ0v) is 16.6. The van der Waals surface area contributed by atoms with E-state index < -0.39 is 0 Å². The molecule has 2 aromatic rings. The van der Waals surface area contributed by atoms with Crippen molar-refractivity contribution in [2.75, 3.05) is 25.1 Å². The number of carbonyl (C=O) groups is 1. The molecule has 1 saturated heterocycles. The Labute approximate surface area is 164 Å². The maximum Gasteiger partial charge on any atom is 0.342 e. The molecule has 0 bridgehead atoms. The average Bonchev–Trinajstić information content (AvgIpc) is 2.99. The van der Waals surface area contributed by atoms with E-state index in [-0.39, 0.29) is 29.6 Å². The minimum absolute atomic E-state index is 0.131. The van der Waals surface area contributed by atoms with E-state index in [0.717, 1.165) is 12.2 Å². The number of hydrogen-bond donors (Lipinski definition) is 0. The number of esters is 1. The molecule has 6 heteroatoms. The van der Waals surface area contributed by atoms with Gasteiger partial charge in [-0.3, -0.25) is 9.69 Å². The van der Waals surface area contributed by atoms with Crippen molar-refractivity contribution in [2.24, 2.45) is 5.92 Å². The fourth-order valence-electron chi connectivity index (χ4n) is 4.70. The van der Waals surface area contributed by atoms with Gasteiger partial charge >= 0.3 is 11.6 Å². The highest BCUT2D eigenvalue weighted by Crippen LogP contribution is 2.47. The lowest BCUT2D eigenvalue weighted by atomic mass is 9.88. The molecule has 3 atom stereocenters. The van der Waals surface area contributed by atoms with E-state index in [0.29, 0.717) is 30.9 Å². The maximum atomic E-state index is 12.8. The normalized spacial score (nSPS) is 24.0. The van der Waals surface area contributed by atoms with Gasteiger partial charge in [0.15, 0.2) is 0 Å². The number of fused-ring (bicyclic) bond motifs is 3. The second-order valence-electron chi connectivity index (χ2n) is 7.68. The minimum Gasteiger partial charge on any atom is -0.465 e. The zero-order chi connectivity index (χ0) is 19.8. The predicted molar refractivity (Wildman–Crippen MR) is 106 cm³/mol. The Kier molecular flexibility index (Phi) is 4.98. The molecule has 148 valence electrons. The van der Waals surface area contributed by atoms with Crippen LogP contribution in [0.1, 0.15) is 36.3 Å². The molecule has 2 aliphatic rings. The molecule has 0 spiro atoms. The second-order valence-corrected chi connectivity index (χ2v) is 7.68. The largest absolute Gasteiger partial charge is 0.465 e. The Bertz CT molecular complexity index is 924. The summed E-state index contributed by atoms with van der Waals surface area (Å²) in [4.78, 5) is 29.5. The number of likely N-dealkylation sites (tertiary alicyclic amines) is 1. The second kappa shape index (κ2) is 7.43. The Morgan fingerprint density at radius 3 is 2.75 bits per heavy atom. The lowest BCUT2D eigenvalue weighted by Crippen LogP contribution is -2.42. The fourth-order valence-corrected chi connectivity index (χ4v) is 4.70. The van der Waals surface area contributed by atoms with Crippen LogP contribution in [-0.2, 0) is 16.1 Å². The number of carbonyl (C=O) groups excluding carboxylic acids is 1. The van der Waals surface area contributed by atoms with Gasteiger partial charge in [-0.1, -0.05) is 30.3 Å². The van der Waals surface area contributed by atoms with Crippen molar-refractivity contribution in [1.29, 1.82) is 0 Å². The lowest BCUT2D eigenvalue weighted by Gasteiger charge is -2.39. The third kappa shape index (κ3) is 3.22. The fraction of sp³-hybridized carbons (Fsp3) is 0.455. The molecule has 0 aliphatic carbocycles. The van der Waals surface area contributed by atoms with Crippen molar-refractivity contribution in [3.63, 3.8) is 0 Å². The first-order chi connectivity index (χ1) is 13.5. The van der Waals surface area contributed by atoms with Crippen molar-refractivity contribution in [2.45, 2.75) is 38.9 Å². The van der Waals surface area contributed by atoms with E-state index in [4.69, 9.17) is 9.15 Å². The summed E-state index contributed by atoms with van der Waals surface area (Å²) in [7, 11) is 1.90. The number of ether oxygens (including phenoxy) is 1. The SMILES string of the molecule is CCOC(=O)[C@H]1C[C@H]2CN(Cc3ccccc3)c3cc(C)oc(=O)c3[C@H]2N1C. The van der Waals surface area contributed by atoms with Crippen LogP contribution in [0.5, 0.6) is 0 Å². The Morgan fingerprint density at radius 2 is 2.04 bits per heavy atom. The van der Waals surface area contributed by atoms with Crippen LogP contribution in [0.2, 0.25) is 0 Å².